The van der Waals surface area contributed by atoms with E-state index in [4.69, 9.17) is 9.47 Å². The minimum absolute atomic E-state index is 0.0974. The molecule has 1 rings (SSSR count). The molecule has 1 amide bonds. The number of nitrogens with one attached hydrogen (secondary N) is 1. The molecule has 0 atom stereocenters. The van der Waals surface area contributed by atoms with Crippen LogP contribution in [0, 0.1) is 0 Å². The maximum absolute atomic E-state index is 11.4. The van der Waals surface area contributed by atoms with Crippen molar-refractivity contribution in [3.05, 3.63) is 29.3 Å². The van der Waals surface area contributed by atoms with Crippen molar-refractivity contribution in [3.63, 3.8) is 0 Å². The number of likely N-dealkylation sites (N-methyl/N-ethyl adjacent to an activating group) is 1. The summed E-state index contributed by atoms with van der Waals surface area (Å²) in [6.45, 7) is 6.18. The predicted octanol–water partition coefficient (Wildman–Crippen LogP) is 4.05. The zero-order chi connectivity index (χ0) is 17.0. The normalized spacial score (nSPS) is 10.4. The summed E-state index contributed by atoms with van der Waals surface area (Å²) in [6.07, 6.45) is 5.87. The Morgan fingerprint density at radius 3 is 2.14 bits per heavy atom. The number of unbranched alkanes of at least 4 members (excludes halogenated alkanes) is 2. The van der Waals surface area contributed by atoms with Crippen molar-refractivity contribution in [2.75, 3.05) is 21.3 Å². The van der Waals surface area contributed by atoms with E-state index >= 15 is 0 Å². The van der Waals surface area contributed by atoms with Crippen molar-refractivity contribution in [1.82, 2.24) is 5.32 Å². The first-order valence-electron chi connectivity index (χ1n) is 7.66. The van der Waals surface area contributed by atoms with E-state index in [1.54, 1.807) is 34.3 Å². The first-order valence-corrected chi connectivity index (χ1v) is 7.66. The summed E-state index contributed by atoms with van der Waals surface area (Å²) in [7, 11) is 4.77. The predicted molar refractivity (Wildman–Crippen MR) is 92.5 cm³/mol. The van der Waals surface area contributed by atoms with Crippen LogP contribution in [0.15, 0.2) is 23.8 Å². The van der Waals surface area contributed by atoms with Gasteiger partial charge in [0.05, 0.1) is 14.2 Å². The molecule has 1 aromatic carbocycles. The van der Waals surface area contributed by atoms with Crippen molar-refractivity contribution in [2.45, 2.75) is 40.0 Å². The van der Waals surface area contributed by atoms with Crippen LogP contribution in [0.1, 0.15) is 45.6 Å². The minimum atomic E-state index is -0.0974. The number of hydrogen-bond acceptors (Lipinski definition) is 3. The number of methoxy groups -OCH3 is 2. The lowest BCUT2D eigenvalue weighted by Crippen LogP contribution is -2.18. The second kappa shape index (κ2) is 11.7. The second-order valence-corrected chi connectivity index (χ2v) is 4.87. The molecule has 0 aliphatic heterocycles. The molecule has 1 N–H and O–H groups in total. The van der Waals surface area contributed by atoms with Crippen molar-refractivity contribution in [2.24, 2.45) is 0 Å². The third kappa shape index (κ3) is 7.16. The van der Waals surface area contributed by atoms with Gasteiger partial charge in [0.2, 0.25) is 5.91 Å². The number of hydrogen-bond donors (Lipinski definition) is 1. The Morgan fingerprint density at radius 1 is 1.14 bits per heavy atom. The molecule has 0 saturated carbocycles. The van der Waals surface area contributed by atoms with Crippen LogP contribution in [0.3, 0.4) is 0 Å². The maximum atomic E-state index is 11.4. The Labute approximate surface area is 134 Å². The van der Waals surface area contributed by atoms with E-state index in [2.05, 4.69) is 19.2 Å². The fourth-order valence-corrected chi connectivity index (χ4v) is 1.81. The fraction of sp³-hybridized carbons (Fsp3) is 0.500. The molecule has 0 unspecified atom stereocenters. The van der Waals surface area contributed by atoms with Gasteiger partial charge in [0.1, 0.15) is 0 Å². The molecule has 0 spiro atoms. The molecule has 0 aliphatic carbocycles. The number of carbonyl (C=O) groups is 1. The standard InChI is InChI=1S/C13H17NO3.C5H12/c1-9(13(15)14-2)7-10-5-6-11(16-3)12(8-10)17-4;1-3-5-4-2/h5-8H,1-4H3,(H,14,15);3-5H2,1-2H3/b9-7+;. The quantitative estimate of drug-likeness (QED) is 0.807. The van der Waals surface area contributed by atoms with Gasteiger partial charge in [-0.05, 0) is 30.7 Å². The third-order valence-corrected chi connectivity index (χ3v) is 3.08. The number of benzene rings is 1. The highest BCUT2D eigenvalue weighted by Gasteiger charge is 2.05. The van der Waals surface area contributed by atoms with Gasteiger partial charge in [-0.15, -0.1) is 0 Å². The van der Waals surface area contributed by atoms with Crippen molar-refractivity contribution < 1.29 is 14.3 Å². The van der Waals surface area contributed by atoms with Crippen LogP contribution in [-0.4, -0.2) is 27.2 Å². The van der Waals surface area contributed by atoms with Gasteiger partial charge in [-0.25, -0.2) is 0 Å². The van der Waals surface area contributed by atoms with Gasteiger partial charge in [0.25, 0.3) is 0 Å². The van der Waals surface area contributed by atoms with Crippen LogP contribution in [-0.2, 0) is 4.79 Å². The van der Waals surface area contributed by atoms with Crippen LogP contribution in [0.5, 0.6) is 11.5 Å². The topological polar surface area (TPSA) is 47.6 Å². The van der Waals surface area contributed by atoms with E-state index in [1.807, 2.05) is 18.2 Å². The molecule has 0 bridgehead atoms. The van der Waals surface area contributed by atoms with Crippen LogP contribution in [0.25, 0.3) is 6.08 Å². The van der Waals surface area contributed by atoms with E-state index in [0.29, 0.717) is 17.1 Å². The molecular formula is C18H29NO3. The molecule has 0 heterocycles. The number of rotatable bonds is 6. The van der Waals surface area contributed by atoms with E-state index in [-0.39, 0.29) is 5.91 Å². The lowest BCUT2D eigenvalue weighted by molar-refractivity contribution is -0.116. The first kappa shape index (κ1) is 20.0. The summed E-state index contributed by atoms with van der Waals surface area (Å²) in [6, 6.07) is 5.50. The SMILES string of the molecule is CCCCC.CNC(=O)/C(C)=C/c1ccc(OC)c(OC)c1. The van der Waals surface area contributed by atoms with E-state index in [9.17, 15) is 4.79 Å². The monoisotopic (exact) mass is 307 g/mol. The van der Waals surface area contributed by atoms with Crippen LogP contribution < -0.4 is 14.8 Å². The number of amides is 1. The van der Waals surface area contributed by atoms with Crippen LogP contribution in [0.4, 0.5) is 0 Å². The smallest absolute Gasteiger partial charge is 0.246 e. The Kier molecular flexibility index (Phi) is 10.6. The Morgan fingerprint density at radius 2 is 1.73 bits per heavy atom. The van der Waals surface area contributed by atoms with Crippen molar-refractivity contribution in [3.8, 4) is 11.5 Å². The van der Waals surface area contributed by atoms with E-state index in [1.165, 1.54) is 19.3 Å². The summed E-state index contributed by atoms with van der Waals surface area (Å²) in [5, 5.41) is 2.57. The van der Waals surface area contributed by atoms with Gasteiger partial charge < -0.3 is 14.8 Å². The number of ether oxygens (including phenoxy) is 2. The summed E-state index contributed by atoms with van der Waals surface area (Å²) in [4.78, 5) is 11.4. The van der Waals surface area contributed by atoms with E-state index < -0.39 is 0 Å². The third-order valence-electron chi connectivity index (χ3n) is 3.08. The van der Waals surface area contributed by atoms with Crippen molar-refractivity contribution >= 4 is 12.0 Å². The summed E-state index contributed by atoms with van der Waals surface area (Å²) in [5.74, 6) is 1.22. The summed E-state index contributed by atoms with van der Waals surface area (Å²) < 4.78 is 10.3. The molecule has 124 valence electrons. The zero-order valence-corrected chi connectivity index (χ0v) is 14.7. The molecule has 0 saturated heterocycles. The average molecular weight is 307 g/mol. The second-order valence-electron chi connectivity index (χ2n) is 4.87. The largest absolute Gasteiger partial charge is 0.493 e. The molecular weight excluding hydrogens is 278 g/mol. The lowest BCUT2D eigenvalue weighted by atomic mass is 10.1. The average Bonchev–Trinajstić information content (AvgIpc) is 2.55. The van der Waals surface area contributed by atoms with Gasteiger partial charge in [-0.3, -0.25) is 4.79 Å². The molecule has 4 nitrogen and oxygen atoms in total. The van der Waals surface area contributed by atoms with Gasteiger partial charge in [0, 0.05) is 12.6 Å². The maximum Gasteiger partial charge on any atom is 0.246 e. The first-order chi connectivity index (χ1) is 10.5. The van der Waals surface area contributed by atoms with Crippen LogP contribution >= 0.6 is 0 Å². The fourth-order valence-electron chi connectivity index (χ4n) is 1.81. The Hall–Kier alpha value is -1.97. The summed E-state index contributed by atoms with van der Waals surface area (Å²) in [5.41, 5.74) is 1.53. The molecule has 0 aliphatic rings. The molecule has 4 heteroatoms. The highest BCUT2D eigenvalue weighted by molar-refractivity contribution is 5.97. The molecule has 1 aromatic rings. The lowest BCUT2D eigenvalue weighted by Gasteiger charge is -2.08. The molecule has 0 fully saturated rings. The zero-order valence-electron chi connectivity index (χ0n) is 14.7. The van der Waals surface area contributed by atoms with Gasteiger partial charge in [0.15, 0.2) is 11.5 Å². The molecule has 0 radical (unpaired) electrons. The Bertz CT molecular complexity index is 479. The van der Waals surface area contributed by atoms with Crippen molar-refractivity contribution in [1.29, 1.82) is 0 Å². The molecule has 0 aromatic heterocycles. The van der Waals surface area contributed by atoms with Gasteiger partial charge >= 0.3 is 0 Å². The van der Waals surface area contributed by atoms with E-state index in [0.717, 1.165) is 5.56 Å². The molecule has 22 heavy (non-hydrogen) atoms. The van der Waals surface area contributed by atoms with Crippen LogP contribution in [0.2, 0.25) is 0 Å². The van der Waals surface area contributed by atoms with Gasteiger partial charge in [-0.2, -0.15) is 0 Å². The van der Waals surface area contributed by atoms with Gasteiger partial charge in [-0.1, -0.05) is 39.2 Å². The number of carbonyl (C=O) groups excluding carboxylic acids is 1. The minimum Gasteiger partial charge on any atom is -0.493 e. The summed E-state index contributed by atoms with van der Waals surface area (Å²) >= 11 is 0. The highest BCUT2D eigenvalue weighted by Crippen LogP contribution is 2.28. The highest BCUT2D eigenvalue weighted by atomic mass is 16.5. The Balaban J connectivity index is 0.000000763.